The van der Waals surface area contributed by atoms with Gasteiger partial charge in [-0.2, -0.15) is 5.26 Å². The molecule has 0 saturated heterocycles. The third-order valence-corrected chi connectivity index (χ3v) is 19.4. The number of rotatable bonds is 43. The molecule has 0 bridgehead atoms. The van der Waals surface area contributed by atoms with Crippen LogP contribution in [0.1, 0.15) is 207 Å². The quantitative estimate of drug-likeness (QED) is 0.00808. The average molecular weight is 1640 g/mol. The topological polar surface area (TPSA) is 404 Å². The molecule has 640 valence electrons. The molecular weight excluding hydrogens is 1530 g/mol. The third kappa shape index (κ3) is 46.2. The summed E-state index contributed by atoms with van der Waals surface area (Å²) in [6, 6.07) is 65.9. The minimum Gasteiger partial charge on any atom is -0.481 e. The van der Waals surface area contributed by atoms with E-state index < -0.39 is 59.5 Å². The number of Topliss-reactive ketones (excluding diaryl/α,β-unsaturated/α-hetero) is 6. The fourth-order valence-corrected chi connectivity index (χ4v) is 11.9. The predicted octanol–water partition coefficient (Wildman–Crippen LogP) is 19.2. The van der Waals surface area contributed by atoms with Crippen LogP contribution in [0.2, 0.25) is 0 Å². The van der Waals surface area contributed by atoms with Gasteiger partial charge in [0.1, 0.15) is 23.1 Å². The lowest BCUT2D eigenvalue weighted by molar-refractivity contribution is -0.143. The highest BCUT2D eigenvalue weighted by Crippen LogP contribution is 2.27. The Labute approximate surface area is 704 Å². The number of aliphatic carboxylic acids is 7. The van der Waals surface area contributed by atoms with Gasteiger partial charge in [-0.05, 0) is 131 Å². The molecule has 7 aromatic rings. The minimum absolute atomic E-state index is 0.00383. The van der Waals surface area contributed by atoms with Crippen LogP contribution in [0.15, 0.2) is 243 Å². The zero-order chi connectivity index (χ0) is 90.1. The molecule has 0 heterocycles. The molecule has 0 aliphatic carbocycles. The van der Waals surface area contributed by atoms with Gasteiger partial charge in [0.05, 0.1) is 23.8 Å². The SMILES string of the molecule is C/C=C/C=C/C(=O)C(CCC(=O)O)c1ccccc1.C=CCC(=O)C(C)CC(Cc1ccccc1)C(=O)O.CC(=O)C(C)CC(CCC#N)C(=O)O.CC(=O)C(C)CC(Cc1ccccc1)C(=O)O.CC(=O)C(CCC(=O)O)c1ccccc1.CC(CCC(=O)O)C(=O)c1ccc(-c2ccccc2)cc1.CC(CCC(=O)O)C(=O)c1ccccc1. The number of carbonyl (C=O) groups is 14. The van der Waals surface area contributed by atoms with E-state index in [-0.39, 0.29) is 114 Å². The summed E-state index contributed by atoms with van der Waals surface area (Å²) in [4.78, 5) is 156. The van der Waals surface area contributed by atoms with Crippen molar-refractivity contribution in [2.45, 2.75) is 177 Å². The van der Waals surface area contributed by atoms with Crippen molar-refractivity contribution in [1.29, 1.82) is 5.26 Å². The molecule has 7 rings (SSSR count). The second kappa shape index (κ2) is 60.7. The molecule has 0 radical (unpaired) electrons. The number of hydrogen-bond acceptors (Lipinski definition) is 15. The Hall–Kier alpha value is -12.8. The van der Waals surface area contributed by atoms with Crippen LogP contribution < -0.4 is 0 Å². The van der Waals surface area contributed by atoms with Crippen molar-refractivity contribution in [3.63, 3.8) is 0 Å². The molecular formula is C98H117NO21. The molecule has 0 saturated carbocycles. The monoisotopic (exact) mass is 1640 g/mol. The normalized spacial score (nSPS) is 12.9. The summed E-state index contributed by atoms with van der Waals surface area (Å²) in [6.45, 7) is 18.7. The van der Waals surface area contributed by atoms with Crippen LogP contribution in [-0.4, -0.2) is 118 Å². The van der Waals surface area contributed by atoms with Crippen molar-refractivity contribution in [3.8, 4) is 17.2 Å². The first kappa shape index (κ1) is 105. The number of hydrogen-bond donors (Lipinski definition) is 7. The maximum Gasteiger partial charge on any atom is 0.306 e. The van der Waals surface area contributed by atoms with E-state index in [1.54, 1.807) is 77.1 Å². The molecule has 7 aromatic carbocycles. The second-order valence-electron chi connectivity index (χ2n) is 29.2. The van der Waals surface area contributed by atoms with E-state index in [9.17, 15) is 72.2 Å². The number of ketones is 7. The van der Waals surface area contributed by atoms with E-state index in [4.69, 9.17) is 35.9 Å². The van der Waals surface area contributed by atoms with Gasteiger partial charge in [0.15, 0.2) is 17.3 Å². The van der Waals surface area contributed by atoms with Crippen LogP contribution in [0.5, 0.6) is 0 Å². The first-order valence-corrected chi connectivity index (χ1v) is 39.9. The van der Waals surface area contributed by atoms with Crippen molar-refractivity contribution in [3.05, 3.63) is 277 Å². The molecule has 0 aromatic heterocycles. The van der Waals surface area contributed by atoms with Gasteiger partial charge in [0, 0.05) is 91.1 Å². The summed E-state index contributed by atoms with van der Waals surface area (Å²) in [5, 5.41) is 70.1. The summed E-state index contributed by atoms with van der Waals surface area (Å²) in [5.74, 6) is -9.48. The predicted molar refractivity (Wildman–Crippen MR) is 462 cm³/mol. The highest BCUT2D eigenvalue weighted by molar-refractivity contribution is 5.99. The number of carbonyl (C=O) groups excluding carboxylic acids is 7. The largest absolute Gasteiger partial charge is 0.481 e. The number of nitrogens with zero attached hydrogens (tertiary/aromatic N) is 1. The van der Waals surface area contributed by atoms with Crippen LogP contribution >= 0.6 is 0 Å². The number of allylic oxidation sites excluding steroid dienone is 5. The van der Waals surface area contributed by atoms with Gasteiger partial charge in [-0.25, -0.2) is 0 Å². The molecule has 0 spiro atoms. The fraction of sp³-hybridized carbons (Fsp3) is 0.357. The maximum atomic E-state index is 12.2. The van der Waals surface area contributed by atoms with E-state index >= 15 is 0 Å². The lowest BCUT2D eigenvalue weighted by Gasteiger charge is -2.16. The van der Waals surface area contributed by atoms with Crippen molar-refractivity contribution in [2.75, 3.05) is 0 Å². The Morgan fingerprint density at radius 2 is 0.708 bits per heavy atom. The standard InChI is InChI=1S/C18H18O3.C16H20O3.C16H18O3.C14H18O3.2C12H14O3.C10H15NO3/c1-13(7-12-17(19)20)18(21)16-10-8-15(9-11-16)14-5-3-2-4-6-14;1-3-7-15(17)12(2)10-14(16(18)19)11-13-8-5-4-6-9-13;1-2-3-5-10-15(17)14(11-12-16(18)19)13-8-6-4-7-9-13;1-10(11(2)15)8-13(14(16)17)9-12-6-4-3-5-7-12;1-9(13)11(7-8-12(14)15)10-5-3-2-4-6-10;1-9(7-8-11(13)14)12(15)10-5-3-2-4-6-10;1-7(8(2)12)6-9(10(13)14)4-3-5-11/h2-6,8-11,13H,7,12H2,1H3,(H,19,20);3-6,8-9,12,14H,1,7,10-11H2,2H3,(H,18,19);2-10,14H,11-12H2,1H3,(H,18,19);3-7,10,13H,8-9H2,1-2H3,(H,16,17);2-6,11H,7-8H2,1H3,(H,14,15);2-6,9H,7-8H2,1H3,(H,13,14);7,9H,3-4,6H2,1-2H3,(H,13,14)/b;;3-2+,10-5+;;;;. The van der Waals surface area contributed by atoms with Gasteiger partial charge in [-0.1, -0.05) is 265 Å². The highest BCUT2D eigenvalue weighted by atomic mass is 16.4. The lowest BCUT2D eigenvalue weighted by atomic mass is 9.87. The molecule has 120 heavy (non-hydrogen) atoms. The Bertz CT molecular complexity index is 4420. The Kier molecular flexibility index (Phi) is 53.2. The first-order valence-electron chi connectivity index (χ1n) is 39.9. The highest BCUT2D eigenvalue weighted by Gasteiger charge is 2.27. The van der Waals surface area contributed by atoms with Crippen LogP contribution in [0.25, 0.3) is 11.1 Å². The summed E-state index contributed by atoms with van der Waals surface area (Å²) in [5.41, 5.74) is 7.18. The fourth-order valence-electron chi connectivity index (χ4n) is 11.9. The molecule has 22 heteroatoms. The van der Waals surface area contributed by atoms with Gasteiger partial charge in [0.2, 0.25) is 0 Å². The van der Waals surface area contributed by atoms with Crippen LogP contribution in [-0.2, 0) is 70.4 Å². The number of nitriles is 1. The summed E-state index contributed by atoms with van der Waals surface area (Å²) >= 11 is 0. The van der Waals surface area contributed by atoms with Crippen molar-refractivity contribution in [2.24, 2.45) is 47.3 Å². The molecule has 0 amide bonds. The first-order chi connectivity index (χ1) is 57.0. The Balaban J connectivity index is 0.000000703. The summed E-state index contributed by atoms with van der Waals surface area (Å²) < 4.78 is 0. The number of carboxylic acid groups (broad SMARTS) is 7. The molecule has 0 aliphatic heterocycles. The maximum absolute atomic E-state index is 12.2. The van der Waals surface area contributed by atoms with E-state index in [0.29, 0.717) is 81.8 Å². The number of benzene rings is 7. The Morgan fingerprint density at radius 3 is 1.07 bits per heavy atom. The molecule has 0 aliphatic rings. The smallest absolute Gasteiger partial charge is 0.306 e. The molecule has 0 fully saturated rings. The molecule has 22 nitrogen and oxygen atoms in total. The third-order valence-electron chi connectivity index (χ3n) is 19.4. The van der Waals surface area contributed by atoms with Crippen LogP contribution in [0.4, 0.5) is 0 Å². The molecule has 10 atom stereocenters. The lowest BCUT2D eigenvalue weighted by Crippen LogP contribution is -2.22. The number of carboxylic acids is 7. The minimum atomic E-state index is -0.923. The van der Waals surface area contributed by atoms with Crippen LogP contribution in [0.3, 0.4) is 0 Å². The van der Waals surface area contributed by atoms with E-state index in [1.165, 1.54) is 26.8 Å². The van der Waals surface area contributed by atoms with Gasteiger partial charge in [0.25, 0.3) is 0 Å². The average Bonchev–Trinajstić information content (AvgIpc) is 0.848. The van der Waals surface area contributed by atoms with E-state index in [2.05, 4.69) is 6.58 Å². The molecule has 10 unspecified atom stereocenters. The summed E-state index contributed by atoms with van der Waals surface area (Å²) in [7, 11) is 0. The van der Waals surface area contributed by atoms with Gasteiger partial charge < -0.3 is 35.7 Å². The Morgan fingerprint density at radius 1 is 0.375 bits per heavy atom. The second-order valence-corrected chi connectivity index (χ2v) is 29.2. The van der Waals surface area contributed by atoms with Crippen LogP contribution in [0, 0.1) is 58.7 Å². The van der Waals surface area contributed by atoms with Crippen molar-refractivity contribution >= 4 is 82.3 Å². The van der Waals surface area contributed by atoms with Crippen molar-refractivity contribution in [1.82, 2.24) is 0 Å². The van der Waals surface area contributed by atoms with Gasteiger partial charge in [-0.3, -0.25) is 67.1 Å². The van der Waals surface area contributed by atoms with Gasteiger partial charge in [-0.15, -0.1) is 6.58 Å². The summed E-state index contributed by atoms with van der Waals surface area (Å²) in [6.07, 6.45) is 12.8. The zero-order valence-corrected chi connectivity index (χ0v) is 70.1. The molecule has 7 N–H and O–H groups in total. The van der Waals surface area contributed by atoms with Crippen molar-refractivity contribution < 1.29 is 103 Å². The van der Waals surface area contributed by atoms with E-state index in [0.717, 1.165) is 33.4 Å². The van der Waals surface area contributed by atoms with E-state index in [1.807, 2.05) is 201 Å². The van der Waals surface area contributed by atoms with Gasteiger partial charge >= 0.3 is 41.8 Å². The zero-order valence-electron chi connectivity index (χ0n) is 70.1.